The molecule has 1 heterocycles. The van der Waals surface area contributed by atoms with Gasteiger partial charge in [-0.15, -0.1) is 0 Å². The number of nitro groups is 1. The average Bonchev–Trinajstić information content (AvgIpc) is 2.48. The van der Waals surface area contributed by atoms with Gasteiger partial charge in [-0.3, -0.25) is 10.1 Å². The largest absolute Gasteiger partial charge is 0.462 e. The summed E-state index contributed by atoms with van der Waals surface area (Å²) in [7, 11) is 0. The van der Waals surface area contributed by atoms with Crippen LogP contribution in [0.4, 0.5) is 5.69 Å². The van der Waals surface area contributed by atoms with Crippen LogP contribution in [0.3, 0.4) is 0 Å². The summed E-state index contributed by atoms with van der Waals surface area (Å²) in [6.45, 7) is -0.564. The fourth-order valence-corrected chi connectivity index (χ4v) is 1.95. The standard InChI is InChI=1S/C12H15NO8/c14-5-8-9(15)10(16)11(17)12(21-8)20-7-3-1-6(2-4-7)13(18)19/h1-4,8-12,14-17H,5H2/t8?,9-,10+,11-,12?/m0/s1. The van der Waals surface area contributed by atoms with Crippen molar-refractivity contribution in [2.24, 2.45) is 0 Å². The van der Waals surface area contributed by atoms with Gasteiger partial charge in [0.05, 0.1) is 11.5 Å². The van der Waals surface area contributed by atoms with Gasteiger partial charge < -0.3 is 29.9 Å². The summed E-state index contributed by atoms with van der Waals surface area (Å²) in [5.41, 5.74) is -0.129. The Labute approximate surface area is 119 Å². The highest BCUT2D eigenvalue weighted by Gasteiger charge is 2.44. The molecule has 0 spiro atoms. The third-order valence-corrected chi connectivity index (χ3v) is 3.15. The first kappa shape index (κ1) is 15.6. The highest BCUT2D eigenvalue weighted by Crippen LogP contribution is 2.25. The quantitative estimate of drug-likeness (QED) is 0.400. The van der Waals surface area contributed by atoms with Crippen LogP contribution in [0.15, 0.2) is 24.3 Å². The normalized spacial score (nSPS) is 32.7. The highest BCUT2D eigenvalue weighted by molar-refractivity contribution is 5.36. The van der Waals surface area contributed by atoms with Crippen molar-refractivity contribution in [1.82, 2.24) is 0 Å². The van der Waals surface area contributed by atoms with Crippen molar-refractivity contribution in [2.75, 3.05) is 6.61 Å². The van der Waals surface area contributed by atoms with Gasteiger partial charge in [0, 0.05) is 12.1 Å². The van der Waals surface area contributed by atoms with Crippen LogP contribution < -0.4 is 4.74 Å². The molecule has 0 aromatic heterocycles. The Hall–Kier alpha value is -1.78. The van der Waals surface area contributed by atoms with Crippen LogP contribution in [0.1, 0.15) is 0 Å². The highest BCUT2D eigenvalue weighted by atomic mass is 16.7. The molecule has 0 aliphatic carbocycles. The van der Waals surface area contributed by atoms with Crippen molar-refractivity contribution in [3.63, 3.8) is 0 Å². The summed E-state index contributed by atoms with van der Waals surface area (Å²) in [6, 6.07) is 5.03. The second-order valence-corrected chi connectivity index (χ2v) is 4.57. The van der Waals surface area contributed by atoms with E-state index in [1.807, 2.05) is 0 Å². The van der Waals surface area contributed by atoms with Gasteiger partial charge in [-0.1, -0.05) is 0 Å². The van der Waals surface area contributed by atoms with Gasteiger partial charge in [-0.25, -0.2) is 0 Å². The van der Waals surface area contributed by atoms with Crippen molar-refractivity contribution in [3.8, 4) is 5.75 Å². The number of rotatable bonds is 4. The first-order chi connectivity index (χ1) is 9.93. The van der Waals surface area contributed by atoms with E-state index in [1.165, 1.54) is 24.3 Å². The van der Waals surface area contributed by atoms with Crippen LogP contribution >= 0.6 is 0 Å². The molecule has 0 saturated carbocycles. The second kappa shape index (κ2) is 6.33. The molecule has 116 valence electrons. The molecule has 1 aromatic rings. The van der Waals surface area contributed by atoms with Gasteiger partial charge in [0.25, 0.3) is 5.69 Å². The molecule has 1 fully saturated rings. The average molecular weight is 301 g/mol. The van der Waals surface area contributed by atoms with Crippen LogP contribution in [-0.2, 0) is 4.74 Å². The van der Waals surface area contributed by atoms with E-state index in [0.717, 1.165) is 0 Å². The predicted molar refractivity (Wildman–Crippen MR) is 67.5 cm³/mol. The number of non-ortho nitro benzene ring substituents is 1. The van der Waals surface area contributed by atoms with Gasteiger partial charge in [0.15, 0.2) is 0 Å². The number of aliphatic hydroxyl groups is 4. The Morgan fingerprint density at radius 2 is 1.76 bits per heavy atom. The molecule has 2 unspecified atom stereocenters. The van der Waals surface area contributed by atoms with E-state index in [0.29, 0.717) is 0 Å². The topological polar surface area (TPSA) is 143 Å². The molecular formula is C12H15NO8. The van der Waals surface area contributed by atoms with E-state index in [4.69, 9.17) is 14.6 Å². The maximum absolute atomic E-state index is 10.5. The fourth-order valence-electron chi connectivity index (χ4n) is 1.95. The molecule has 5 atom stereocenters. The van der Waals surface area contributed by atoms with Gasteiger partial charge >= 0.3 is 0 Å². The molecule has 9 heteroatoms. The van der Waals surface area contributed by atoms with Crippen LogP contribution in [0.25, 0.3) is 0 Å². The maximum atomic E-state index is 10.5. The maximum Gasteiger partial charge on any atom is 0.269 e. The lowest BCUT2D eigenvalue weighted by molar-refractivity contribution is -0.384. The zero-order chi connectivity index (χ0) is 15.6. The summed E-state index contributed by atoms with van der Waals surface area (Å²) in [5.74, 6) is 0.171. The summed E-state index contributed by atoms with van der Waals surface area (Å²) in [4.78, 5) is 9.95. The molecular weight excluding hydrogens is 286 g/mol. The number of hydrogen-bond donors (Lipinski definition) is 4. The summed E-state index contributed by atoms with van der Waals surface area (Å²) in [5, 5.41) is 48.6. The summed E-state index contributed by atoms with van der Waals surface area (Å²) in [6.07, 6.45) is -6.94. The Morgan fingerprint density at radius 1 is 1.14 bits per heavy atom. The number of nitrogens with zero attached hydrogens (tertiary/aromatic N) is 1. The molecule has 21 heavy (non-hydrogen) atoms. The lowest BCUT2D eigenvalue weighted by Gasteiger charge is -2.39. The molecule has 9 nitrogen and oxygen atoms in total. The van der Waals surface area contributed by atoms with E-state index in [1.54, 1.807) is 0 Å². The predicted octanol–water partition coefficient (Wildman–Crippen LogP) is -1.23. The van der Waals surface area contributed by atoms with E-state index in [-0.39, 0.29) is 11.4 Å². The third kappa shape index (κ3) is 3.28. The first-order valence-electron chi connectivity index (χ1n) is 6.15. The molecule has 1 aromatic carbocycles. The van der Waals surface area contributed by atoms with Gasteiger partial charge in [0.1, 0.15) is 30.2 Å². The van der Waals surface area contributed by atoms with E-state index >= 15 is 0 Å². The molecule has 0 radical (unpaired) electrons. The van der Waals surface area contributed by atoms with Crippen LogP contribution in [0, 0.1) is 10.1 Å². The van der Waals surface area contributed by atoms with Gasteiger partial charge in [0.2, 0.25) is 6.29 Å². The van der Waals surface area contributed by atoms with Crippen LogP contribution in [-0.4, -0.2) is 62.7 Å². The lowest BCUT2D eigenvalue weighted by atomic mass is 9.99. The first-order valence-corrected chi connectivity index (χ1v) is 6.15. The second-order valence-electron chi connectivity index (χ2n) is 4.57. The van der Waals surface area contributed by atoms with Gasteiger partial charge in [-0.05, 0) is 12.1 Å². The van der Waals surface area contributed by atoms with E-state index < -0.39 is 42.2 Å². The molecule has 4 N–H and O–H groups in total. The van der Waals surface area contributed by atoms with Crippen molar-refractivity contribution in [3.05, 3.63) is 34.4 Å². The van der Waals surface area contributed by atoms with Crippen LogP contribution in [0.5, 0.6) is 5.75 Å². The van der Waals surface area contributed by atoms with Crippen molar-refractivity contribution in [2.45, 2.75) is 30.7 Å². The molecule has 1 aliphatic heterocycles. The lowest BCUT2D eigenvalue weighted by Crippen LogP contribution is -2.60. The summed E-state index contributed by atoms with van der Waals surface area (Å²) >= 11 is 0. The number of hydrogen-bond acceptors (Lipinski definition) is 8. The third-order valence-electron chi connectivity index (χ3n) is 3.15. The zero-order valence-electron chi connectivity index (χ0n) is 10.8. The Balaban J connectivity index is 2.08. The summed E-state index contributed by atoms with van der Waals surface area (Å²) < 4.78 is 10.4. The number of nitro benzene ring substituents is 1. The van der Waals surface area contributed by atoms with E-state index in [2.05, 4.69) is 0 Å². The van der Waals surface area contributed by atoms with Crippen molar-refractivity contribution in [1.29, 1.82) is 0 Å². The van der Waals surface area contributed by atoms with Gasteiger partial charge in [-0.2, -0.15) is 0 Å². The van der Waals surface area contributed by atoms with Crippen molar-refractivity contribution < 1.29 is 34.8 Å². The molecule has 2 rings (SSSR count). The fraction of sp³-hybridized carbons (Fsp3) is 0.500. The number of ether oxygens (including phenoxy) is 2. The number of aliphatic hydroxyl groups excluding tert-OH is 4. The minimum Gasteiger partial charge on any atom is -0.462 e. The molecule has 1 aliphatic rings. The Bertz CT molecular complexity index is 491. The monoisotopic (exact) mass is 301 g/mol. The minimum absolute atomic E-state index is 0.129. The van der Waals surface area contributed by atoms with E-state index in [9.17, 15) is 25.4 Å². The molecule has 1 saturated heterocycles. The van der Waals surface area contributed by atoms with Crippen LogP contribution in [0.2, 0.25) is 0 Å². The zero-order valence-corrected chi connectivity index (χ0v) is 10.8. The SMILES string of the molecule is O=[N+]([O-])c1ccc(OC2OC(CO)[C@H](O)[C@@H](O)[C@@H]2O)cc1. The molecule has 0 bridgehead atoms. The minimum atomic E-state index is -1.54. The Morgan fingerprint density at radius 3 is 2.29 bits per heavy atom. The number of benzene rings is 1. The Kier molecular flexibility index (Phi) is 4.70. The smallest absolute Gasteiger partial charge is 0.269 e. The van der Waals surface area contributed by atoms with Crippen molar-refractivity contribution >= 4 is 5.69 Å². The molecule has 0 amide bonds.